The molecule has 2 heteroatoms. The van der Waals surface area contributed by atoms with E-state index in [1.807, 2.05) is 13.8 Å². The normalized spacial score (nSPS) is 8.57. The Morgan fingerprint density at radius 3 is 2.00 bits per heavy atom. The van der Waals surface area contributed by atoms with Gasteiger partial charge in [-0.1, -0.05) is 19.0 Å². The van der Waals surface area contributed by atoms with E-state index in [0.717, 1.165) is 0 Å². The van der Waals surface area contributed by atoms with Crippen LogP contribution >= 0.6 is 0 Å². The Labute approximate surface area is 46.4 Å². The van der Waals surface area contributed by atoms with E-state index in [-0.39, 0.29) is 0 Å². The van der Waals surface area contributed by atoms with E-state index in [1.165, 1.54) is 0 Å². The molecule has 0 saturated carbocycles. The summed E-state index contributed by atoms with van der Waals surface area (Å²) in [6, 6.07) is 0. The average Bonchev–Trinajstić information content (AvgIpc) is 1.27. The lowest BCUT2D eigenvalue weighted by Crippen LogP contribution is -1.78. The van der Waals surface area contributed by atoms with Crippen LogP contribution in [0, 0.1) is 11.1 Å². The zero-order valence-corrected chi connectivity index (χ0v) is 5.71. The highest BCUT2D eigenvalue weighted by Gasteiger charge is 1.78. The van der Waals surface area contributed by atoms with Gasteiger partial charge in [0.2, 0.25) is 0 Å². The highest BCUT2D eigenvalue weighted by Crippen LogP contribution is 1.84. The molecule has 0 aliphatic carbocycles. The zero-order valence-electron chi connectivity index (χ0n) is 4.89. The molecule has 1 nitrogen and oxygen atoms in total. The molecule has 0 unspecified atom stereocenters. The van der Waals surface area contributed by atoms with Crippen molar-refractivity contribution in [3.8, 4) is 5.18 Å². The van der Waals surface area contributed by atoms with Crippen molar-refractivity contribution >= 4 is 10.2 Å². The third kappa shape index (κ3) is 5.80. The second-order valence-corrected chi connectivity index (χ2v) is 2.87. The molecule has 0 aromatic carbocycles. The lowest BCUT2D eigenvalue weighted by Gasteiger charge is -1.82. The first kappa shape index (κ1) is 6.80. The van der Waals surface area contributed by atoms with Crippen LogP contribution in [0.2, 0.25) is 0 Å². The van der Waals surface area contributed by atoms with Crippen molar-refractivity contribution in [2.45, 2.75) is 13.8 Å². The topological polar surface area (TPSA) is 17.1 Å². The van der Waals surface area contributed by atoms with E-state index >= 15 is 0 Å². The molecule has 0 heterocycles. The van der Waals surface area contributed by atoms with E-state index in [1.54, 1.807) is 6.26 Å². The predicted molar refractivity (Wildman–Crippen MR) is 32.8 cm³/mol. The fraction of sp³-hybridized carbons (Fsp3) is 0.800. The molecule has 0 aromatic rings. The quantitative estimate of drug-likeness (QED) is 0.463. The third-order valence-electron chi connectivity index (χ3n) is 0.402. The lowest BCUT2D eigenvalue weighted by atomic mass is 10.3. The fourth-order valence-corrected chi connectivity index (χ4v) is 0.996. The lowest BCUT2D eigenvalue weighted by molar-refractivity contribution is 0.694. The molecule has 0 amide bonds. The maximum absolute atomic E-state index is 10.3. The summed E-state index contributed by atoms with van der Waals surface area (Å²) in [5, 5.41) is 2.78. The smallest absolute Gasteiger partial charge is 0.0332 e. The summed E-state index contributed by atoms with van der Waals surface area (Å²) in [5.74, 6) is 0.325. The van der Waals surface area contributed by atoms with Crippen LogP contribution in [0.15, 0.2) is 0 Å². The highest BCUT2D eigenvalue weighted by molar-refractivity contribution is 7.73. The summed E-state index contributed by atoms with van der Waals surface area (Å²) in [7, 11) is -0.846. The van der Waals surface area contributed by atoms with E-state index in [4.69, 9.17) is 0 Å². The number of hydrogen-bond acceptors (Lipinski definition) is 1. The van der Waals surface area contributed by atoms with Crippen LogP contribution in [0.25, 0.3) is 0 Å². The Balaban J connectivity index is 3.92. The highest BCUT2D eigenvalue weighted by atomic mass is 32.2. The van der Waals surface area contributed by atoms with Gasteiger partial charge in [0.15, 0.2) is 0 Å². The van der Waals surface area contributed by atoms with Crippen molar-refractivity contribution in [2.24, 2.45) is 5.92 Å². The van der Waals surface area contributed by atoms with E-state index in [0.29, 0.717) is 5.92 Å². The van der Waals surface area contributed by atoms with Crippen LogP contribution in [0.1, 0.15) is 13.8 Å². The van der Waals surface area contributed by atoms with Crippen molar-refractivity contribution in [1.82, 2.24) is 0 Å². The van der Waals surface area contributed by atoms with Crippen LogP contribution in [0.3, 0.4) is 0 Å². The van der Waals surface area contributed by atoms with Crippen LogP contribution in [0.5, 0.6) is 0 Å². The average molecular weight is 118 g/mol. The van der Waals surface area contributed by atoms with Gasteiger partial charge >= 0.3 is 0 Å². The molecule has 0 rings (SSSR count). The van der Waals surface area contributed by atoms with E-state index in [2.05, 4.69) is 5.18 Å². The van der Waals surface area contributed by atoms with Gasteiger partial charge in [-0.25, -0.2) is 4.21 Å². The summed E-state index contributed by atoms with van der Waals surface area (Å²) in [6.07, 6.45) is 1.62. The maximum Gasteiger partial charge on any atom is 0.0332 e. The van der Waals surface area contributed by atoms with Crippen LogP contribution < -0.4 is 0 Å². The van der Waals surface area contributed by atoms with Crippen LogP contribution in [0.4, 0.5) is 0 Å². The Bertz CT molecular complexity index is 159. The zero-order chi connectivity index (χ0) is 5.86. The molecular weight excluding hydrogens is 108 g/mol. The molecule has 0 spiro atoms. The number of rotatable bonds is 0. The van der Waals surface area contributed by atoms with Crippen molar-refractivity contribution in [3.05, 3.63) is 0 Å². The SMILES string of the molecule is CC(C)C#S(C)=O. The Kier molecular flexibility index (Phi) is 2.81. The minimum absolute atomic E-state index is 0.325. The Morgan fingerprint density at radius 1 is 1.57 bits per heavy atom. The first-order valence-corrected chi connectivity index (χ1v) is 3.78. The van der Waals surface area contributed by atoms with Crippen molar-refractivity contribution < 1.29 is 4.21 Å². The molecule has 0 aliphatic rings. The van der Waals surface area contributed by atoms with E-state index < -0.39 is 10.2 Å². The first-order valence-electron chi connectivity index (χ1n) is 2.22. The molecular formula is C5H10OS. The van der Waals surface area contributed by atoms with Gasteiger partial charge in [0, 0.05) is 22.4 Å². The van der Waals surface area contributed by atoms with Crippen molar-refractivity contribution in [2.75, 3.05) is 6.26 Å². The Morgan fingerprint density at radius 2 is 2.00 bits per heavy atom. The summed E-state index contributed by atoms with van der Waals surface area (Å²) in [4.78, 5) is 0. The van der Waals surface area contributed by atoms with Crippen LogP contribution in [-0.2, 0) is 10.2 Å². The molecule has 0 radical (unpaired) electrons. The first-order chi connectivity index (χ1) is 3.13. The second kappa shape index (κ2) is 2.89. The van der Waals surface area contributed by atoms with Gasteiger partial charge < -0.3 is 0 Å². The number of hydrogen-bond donors (Lipinski definition) is 0. The second-order valence-electron chi connectivity index (χ2n) is 1.73. The molecule has 0 fully saturated rings. The maximum atomic E-state index is 10.3. The van der Waals surface area contributed by atoms with Gasteiger partial charge in [-0.15, -0.1) is 0 Å². The minimum Gasteiger partial charge on any atom is -0.222 e. The molecule has 7 heavy (non-hydrogen) atoms. The molecule has 0 aliphatic heterocycles. The molecule has 0 saturated heterocycles. The molecule has 42 valence electrons. The van der Waals surface area contributed by atoms with Gasteiger partial charge in [-0.05, 0) is 0 Å². The summed E-state index contributed by atoms with van der Waals surface area (Å²) in [6.45, 7) is 3.92. The van der Waals surface area contributed by atoms with Gasteiger partial charge in [0.1, 0.15) is 0 Å². The summed E-state index contributed by atoms with van der Waals surface area (Å²) < 4.78 is 10.3. The minimum atomic E-state index is -0.846. The molecule has 0 atom stereocenters. The van der Waals surface area contributed by atoms with Crippen molar-refractivity contribution in [3.63, 3.8) is 0 Å². The van der Waals surface area contributed by atoms with Gasteiger partial charge in [0.25, 0.3) is 0 Å². The van der Waals surface area contributed by atoms with E-state index in [9.17, 15) is 4.21 Å². The fourth-order valence-electron chi connectivity index (χ4n) is 0.332. The predicted octanol–water partition coefficient (Wildman–Crippen LogP) is 0.980. The Hall–Kier alpha value is -0.200. The molecule has 0 N–H and O–H groups in total. The van der Waals surface area contributed by atoms with Gasteiger partial charge in [-0.2, -0.15) is 0 Å². The molecule has 0 aromatic heterocycles. The summed E-state index contributed by atoms with van der Waals surface area (Å²) in [5.41, 5.74) is 0. The monoisotopic (exact) mass is 118 g/mol. The van der Waals surface area contributed by atoms with Gasteiger partial charge in [0.05, 0.1) is 0 Å². The largest absolute Gasteiger partial charge is 0.222 e. The third-order valence-corrected chi connectivity index (χ3v) is 1.20. The standard InChI is InChI=1S/C5H10OS/c1-5(2)4-7(3)6/h5H,1-3H3. The van der Waals surface area contributed by atoms with Crippen LogP contribution in [-0.4, -0.2) is 10.5 Å². The van der Waals surface area contributed by atoms with Gasteiger partial charge in [-0.3, -0.25) is 0 Å². The van der Waals surface area contributed by atoms with Crippen molar-refractivity contribution in [1.29, 1.82) is 0 Å². The molecule has 0 bridgehead atoms. The summed E-state index contributed by atoms with van der Waals surface area (Å²) >= 11 is 0.